The summed E-state index contributed by atoms with van der Waals surface area (Å²) >= 11 is 0. The molecule has 0 aliphatic heterocycles. The lowest BCUT2D eigenvalue weighted by Crippen LogP contribution is -2.12. The lowest BCUT2D eigenvalue weighted by molar-refractivity contribution is -0.143. The van der Waals surface area contributed by atoms with Gasteiger partial charge in [-0.25, -0.2) is 0 Å². The number of nitrogens with two attached hydrogens (primary N) is 2. The molecule has 6 nitrogen and oxygen atoms in total. The molecule has 0 bridgehead atoms. The van der Waals surface area contributed by atoms with Gasteiger partial charge in [-0.05, 0) is 19.4 Å². The summed E-state index contributed by atoms with van der Waals surface area (Å²) in [6.45, 7) is 1.79. The van der Waals surface area contributed by atoms with E-state index in [1.54, 1.807) is 21.6 Å². The zero-order valence-corrected chi connectivity index (χ0v) is 14.0. The summed E-state index contributed by atoms with van der Waals surface area (Å²) in [6.07, 6.45) is 3.49. The Labute approximate surface area is 134 Å². The summed E-state index contributed by atoms with van der Waals surface area (Å²) in [5.41, 5.74) is 10.6. The number of unbranched alkanes of at least 4 members (excludes halogenated alkanes) is 2. The van der Waals surface area contributed by atoms with Crippen LogP contribution in [0, 0.1) is 0 Å². The molecule has 0 aromatic heterocycles. The molecule has 0 atom stereocenters. The number of ether oxygens (including phenoxy) is 2. The van der Waals surface area contributed by atoms with Crippen LogP contribution < -0.4 is 11.5 Å². The van der Waals surface area contributed by atoms with Crippen molar-refractivity contribution in [3.8, 4) is 0 Å². The number of hydrogen-bond acceptors (Lipinski definition) is 8. The molecule has 0 unspecified atom stereocenters. The molecule has 0 aliphatic rings. The lowest BCUT2D eigenvalue weighted by Gasteiger charge is -2.05. The fraction of sp³-hybridized carbons (Fsp3) is 0.846. The Kier molecular flexibility index (Phi) is 15.6. The minimum atomic E-state index is -0.258. The highest BCUT2D eigenvalue weighted by Gasteiger charge is 2.03. The van der Waals surface area contributed by atoms with Crippen LogP contribution in [0.15, 0.2) is 0 Å². The normalized spacial score (nSPS) is 10.4. The van der Waals surface area contributed by atoms with Gasteiger partial charge in [-0.1, -0.05) is 28.0 Å². The van der Waals surface area contributed by atoms with E-state index in [0.717, 1.165) is 25.0 Å². The van der Waals surface area contributed by atoms with Gasteiger partial charge in [0.05, 0.1) is 6.42 Å². The Morgan fingerprint density at radius 2 is 1.33 bits per heavy atom. The predicted molar refractivity (Wildman–Crippen MR) is 88.0 cm³/mol. The van der Waals surface area contributed by atoms with E-state index in [1.807, 2.05) is 0 Å². The quantitative estimate of drug-likeness (QED) is 0.278. The van der Waals surface area contributed by atoms with Crippen molar-refractivity contribution in [2.45, 2.75) is 32.1 Å². The third-order valence-corrected chi connectivity index (χ3v) is 4.71. The van der Waals surface area contributed by atoms with E-state index >= 15 is 0 Å². The van der Waals surface area contributed by atoms with E-state index in [4.69, 9.17) is 20.9 Å². The fourth-order valence-corrected chi connectivity index (χ4v) is 3.00. The molecule has 0 saturated carbocycles. The van der Waals surface area contributed by atoms with Gasteiger partial charge in [-0.15, -0.1) is 0 Å². The smallest absolute Gasteiger partial charge is 0.307 e. The van der Waals surface area contributed by atoms with E-state index in [0.29, 0.717) is 38.5 Å². The molecular weight excluding hydrogens is 312 g/mol. The summed E-state index contributed by atoms with van der Waals surface area (Å²) in [4.78, 5) is 22.3. The van der Waals surface area contributed by atoms with Crippen LogP contribution >= 0.6 is 21.6 Å². The minimum absolute atomic E-state index is 0.145. The van der Waals surface area contributed by atoms with E-state index in [2.05, 4.69) is 0 Å². The first-order valence-corrected chi connectivity index (χ1v) is 9.65. The monoisotopic (exact) mass is 338 g/mol. The second-order valence-corrected chi connectivity index (χ2v) is 6.93. The molecule has 0 saturated heterocycles. The number of carbonyl (C=O) groups excluding carboxylic acids is 2. The predicted octanol–water partition coefficient (Wildman–Crippen LogP) is 1.32. The molecule has 0 aromatic rings. The van der Waals surface area contributed by atoms with Crippen molar-refractivity contribution >= 4 is 33.5 Å². The summed E-state index contributed by atoms with van der Waals surface area (Å²) in [5, 5.41) is 0. The van der Waals surface area contributed by atoms with Crippen LogP contribution in [-0.2, 0) is 19.1 Å². The van der Waals surface area contributed by atoms with Gasteiger partial charge in [0, 0.05) is 24.5 Å². The van der Waals surface area contributed by atoms with Crippen LogP contribution in [0.5, 0.6) is 0 Å². The standard InChI is InChI=1S/C13H26N2O4S2/c14-6-3-1-2-4-12(16)18-8-10-20-21-11-9-19-13(17)5-7-15/h1-11,14-15H2. The third-order valence-electron chi connectivity index (χ3n) is 2.38. The highest BCUT2D eigenvalue weighted by atomic mass is 33.1. The molecule has 0 aromatic carbocycles. The van der Waals surface area contributed by atoms with Crippen molar-refractivity contribution in [2.24, 2.45) is 11.5 Å². The van der Waals surface area contributed by atoms with Gasteiger partial charge in [-0.2, -0.15) is 0 Å². The van der Waals surface area contributed by atoms with Gasteiger partial charge in [0.15, 0.2) is 0 Å². The van der Waals surface area contributed by atoms with Gasteiger partial charge < -0.3 is 20.9 Å². The van der Waals surface area contributed by atoms with Crippen molar-refractivity contribution in [1.82, 2.24) is 0 Å². The molecular formula is C13H26N2O4S2. The highest BCUT2D eigenvalue weighted by molar-refractivity contribution is 8.76. The topological polar surface area (TPSA) is 105 Å². The molecule has 4 N–H and O–H groups in total. The van der Waals surface area contributed by atoms with Gasteiger partial charge in [0.2, 0.25) is 0 Å². The van der Waals surface area contributed by atoms with Crippen molar-refractivity contribution in [3.63, 3.8) is 0 Å². The van der Waals surface area contributed by atoms with Crippen LogP contribution in [0.3, 0.4) is 0 Å². The van der Waals surface area contributed by atoms with Crippen molar-refractivity contribution in [1.29, 1.82) is 0 Å². The molecule has 0 amide bonds. The van der Waals surface area contributed by atoms with E-state index < -0.39 is 0 Å². The molecule has 0 heterocycles. The van der Waals surface area contributed by atoms with E-state index in [9.17, 15) is 9.59 Å². The van der Waals surface area contributed by atoms with Crippen LogP contribution in [0.2, 0.25) is 0 Å². The van der Waals surface area contributed by atoms with Crippen molar-refractivity contribution in [2.75, 3.05) is 37.8 Å². The number of rotatable bonds is 14. The first kappa shape index (κ1) is 20.6. The van der Waals surface area contributed by atoms with E-state index in [-0.39, 0.29) is 18.4 Å². The van der Waals surface area contributed by atoms with Crippen LogP contribution in [0.25, 0.3) is 0 Å². The average molecular weight is 338 g/mol. The summed E-state index contributed by atoms with van der Waals surface area (Å²) in [6, 6.07) is 0. The molecule has 124 valence electrons. The second-order valence-electron chi connectivity index (χ2n) is 4.22. The largest absolute Gasteiger partial charge is 0.465 e. The third kappa shape index (κ3) is 15.8. The van der Waals surface area contributed by atoms with Gasteiger partial charge >= 0.3 is 11.9 Å². The molecule has 8 heteroatoms. The summed E-state index contributed by atoms with van der Waals surface area (Å²) in [5.74, 6) is 1.05. The second kappa shape index (κ2) is 15.9. The molecule has 0 spiro atoms. The Morgan fingerprint density at radius 1 is 0.762 bits per heavy atom. The van der Waals surface area contributed by atoms with Crippen molar-refractivity contribution in [3.05, 3.63) is 0 Å². The SMILES string of the molecule is NCCCCCC(=O)OCCSSCCOC(=O)CCN. The van der Waals surface area contributed by atoms with Crippen LogP contribution in [-0.4, -0.2) is 49.7 Å². The lowest BCUT2D eigenvalue weighted by atomic mass is 10.2. The Hall–Kier alpha value is -0.440. The van der Waals surface area contributed by atoms with Gasteiger partial charge in [0.1, 0.15) is 13.2 Å². The molecule has 0 rings (SSSR count). The van der Waals surface area contributed by atoms with E-state index in [1.165, 1.54) is 0 Å². The number of carbonyl (C=O) groups is 2. The summed E-state index contributed by atoms with van der Waals surface area (Å²) in [7, 11) is 3.19. The summed E-state index contributed by atoms with van der Waals surface area (Å²) < 4.78 is 10.0. The maximum absolute atomic E-state index is 11.3. The van der Waals surface area contributed by atoms with Crippen LogP contribution in [0.4, 0.5) is 0 Å². The highest BCUT2D eigenvalue weighted by Crippen LogP contribution is 2.20. The first-order valence-electron chi connectivity index (χ1n) is 7.16. The fourth-order valence-electron chi connectivity index (χ4n) is 1.35. The Bertz CT molecular complexity index is 281. The Balaban J connectivity index is 3.21. The van der Waals surface area contributed by atoms with Gasteiger partial charge in [0.25, 0.3) is 0 Å². The van der Waals surface area contributed by atoms with Crippen molar-refractivity contribution < 1.29 is 19.1 Å². The average Bonchev–Trinajstić information content (AvgIpc) is 2.46. The molecule has 0 aliphatic carbocycles. The zero-order valence-electron chi connectivity index (χ0n) is 12.4. The maximum atomic E-state index is 11.3. The number of esters is 2. The molecule has 21 heavy (non-hydrogen) atoms. The van der Waals surface area contributed by atoms with Crippen LogP contribution in [0.1, 0.15) is 32.1 Å². The first-order chi connectivity index (χ1) is 10.2. The zero-order chi connectivity index (χ0) is 15.8. The van der Waals surface area contributed by atoms with Gasteiger partial charge in [-0.3, -0.25) is 9.59 Å². The molecule has 0 fully saturated rings. The molecule has 0 radical (unpaired) electrons. The maximum Gasteiger partial charge on any atom is 0.307 e. The number of hydrogen-bond donors (Lipinski definition) is 2. The minimum Gasteiger partial charge on any atom is -0.465 e. The Morgan fingerprint density at radius 3 is 1.86 bits per heavy atom.